The molecule has 2 rings (SSSR count). The van der Waals surface area contributed by atoms with Gasteiger partial charge in [0.1, 0.15) is 5.69 Å². The molecule has 5 heteroatoms. The Balaban J connectivity index is 2.04. The first-order valence-electron chi connectivity index (χ1n) is 5.65. The van der Waals surface area contributed by atoms with Crippen molar-refractivity contribution in [1.29, 1.82) is 5.26 Å². The minimum absolute atomic E-state index is 0.212. The maximum atomic E-state index is 11.8. The van der Waals surface area contributed by atoms with E-state index < -0.39 is 0 Å². The average molecular weight is 253 g/mol. The molecule has 0 saturated heterocycles. The summed E-state index contributed by atoms with van der Waals surface area (Å²) in [5.74, 6) is -0.361. The van der Waals surface area contributed by atoms with E-state index in [1.165, 1.54) is 18.2 Å². The minimum Gasteiger partial charge on any atom is -0.347 e. The normalized spacial score (nSPS) is 9.63. The number of pyridine rings is 1. The highest BCUT2D eigenvalue weighted by molar-refractivity contribution is 5.92. The Kier molecular flexibility index (Phi) is 3.74. The number of benzene rings is 1. The molecule has 1 amide bonds. The van der Waals surface area contributed by atoms with E-state index in [4.69, 9.17) is 5.26 Å². The third kappa shape index (κ3) is 3.30. The van der Waals surface area contributed by atoms with Gasteiger partial charge < -0.3 is 10.3 Å². The smallest absolute Gasteiger partial charge is 0.268 e. The van der Waals surface area contributed by atoms with Crippen LogP contribution in [-0.4, -0.2) is 10.9 Å². The molecule has 19 heavy (non-hydrogen) atoms. The van der Waals surface area contributed by atoms with Crippen LogP contribution in [0.2, 0.25) is 0 Å². The zero-order valence-corrected chi connectivity index (χ0v) is 10.0. The SMILES string of the molecule is N#Cc1cccc(CNC(=O)c2cccc(=O)[nH]2)c1. The molecule has 2 N–H and O–H groups in total. The fourth-order valence-corrected chi connectivity index (χ4v) is 1.61. The third-order valence-electron chi connectivity index (χ3n) is 2.52. The van der Waals surface area contributed by atoms with Crippen molar-refractivity contribution in [2.45, 2.75) is 6.54 Å². The molecule has 0 unspecified atom stereocenters. The molecule has 0 saturated carbocycles. The van der Waals surface area contributed by atoms with Crippen LogP contribution in [0.1, 0.15) is 21.6 Å². The first-order chi connectivity index (χ1) is 9.19. The van der Waals surface area contributed by atoms with Gasteiger partial charge in [0, 0.05) is 12.6 Å². The molecule has 94 valence electrons. The number of hydrogen-bond donors (Lipinski definition) is 2. The Morgan fingerprint density at radius 1 is 1.26 bits per heavy atom. The highest BCUT2D eigenvalue weighted by atomic mass is 16.2. The number of hydrogen-bond acceptors (Lipinski definition) is 3. The van der Waals surface area contributed by atoms with Gasteiger partial charge >= 0.3 is 0 Å². The molecule has 0 radical (unpaired) electrons. The zero-order valence-electron chi connectivity index (χ0n) is 10.0. The standard InChI is InChI=1S/C14H11N3O2/c15-8-10-3-1-4-11(7-10)9-16-14(19)12-5-2-6-13(18)17-12/h1-7H,9H2,(H,16,19)(H,17,18). The number of aromatic amines is 1. The van der Waals surface area contributed by atoms with E-state index >= 15 is 0 Å². The molecule has 0 bridgehead atoms. The Bertz CT molecular complexity index is 698. The summed E-state index contributed by atoms with van der Waals surface area (Å²) in [5, 5.41) is 11.4. The maximum Gasteiger partial charge on any atom is 0.268 e. The monoisotopic (exact) mass is 253 g/mol. The quantitative estimate of drug-likeness (QED) is 0.861. The van der Waals surface area contributed by atoms with Crippen molar-refractivity contribution in [3.63, 3.8) is 0 Å². The van der Waals surface area contributed by atoms with Crippen molar-refractivity contribution < 1.29 is 4.79 Å². The van der Waals surface area contributed by atoms with Gasteiger partial charge in [-0.2, -0.15) is 5.26 Å². The molecule has 1 heterocycles. The van der Waals surface area contributed by atoms with E-state index in [9.17, 15) is 9.59 Å². The van der Waals surface area contributed by atoms with Crippen LogP contribution >= 0.6 is 0 Å². The third-order valence-corrected chi connectivity index (χ3v) is 2.52. The van der Waals surface area contributed by atoms with Crippen LogP contribution in [0.25, 0.3) is 0 Å². The van der Waals surface area contributed by atoms with Crippen LogP contribution in [0.4, 0.5) is 0 Å². The van der Waals surface area contributed by atoms with E-state index in [0.29, 0.717) is 12.1 Å². The summed E-state index contributed by atoms with van der Waals surface area (Å²) in [6.45, 7) is 0.297. The van der Waals surface area contributed by atoms with Gasteiger partial charge in [-0.1, -0.05) is 18.2 Å². The number of nitrogens with zero attached hydrogens (tertiary/aromatic N) is 1. The summed E-state index contributed by atoms with van der Waals surface area (Å²) in [6, 6.07) is 13.4. The first-order valence-corrected chi connectivity index (χ1v) is 5.65. The van der Waals surface area contributed by atoms with Gasteiger partial charge in [-0.3, -0.25) is 9.59 Å². The van der Waals surface area contributed by atoms with Crippen molar-refractivity contribution in [3.8, 4) is 6.07 Å². The molecule has 0 aliphatic carbocycles. The number of carbonyl (C=O) groups is 1. The lowest BCUT2D eigenvalue weighted by atomic mass is 10.1. The van der Waals surface area contributed by atoms with Crippen molar-refractivity contribution in [2.75, 3.05) is 0 Å². The Morgan fingerprint density at radius 3 is 2.79 bits per heavy atom. The van der Waals surface area contributed by atoms with Crippen LogP contribution in [0.5, 0.6) is 0 Å². The van der Waals surface area contributed by atoms with Crippen LogP contribution in [-0.2, 0) is 6.54 Å². The predicted octanol–water partition coefficient (Wildman–Crippen LogP) is 1.18. The number of nitriles is 1. The second kappa shape index (κ2) is 5.65. The van der Waals surface area contributed by atoms with Gasteiger partial charge in [-0.05, 0) is 23.8 Å². The van der Waals surface area contributed by atoms with E-state index in [-0.39, 0.29) is 17.2 Å². The summed E-state index contributed by atoms with van der Waals surface area (Å²) in [5.41, 5.74) is 1.26. The van der Waals surface area contributed by atoms with Crippen LogP contribution in [0, 0.1) is 11.3 Å². The number of aromatic nitrogens is 1. The molecule has 5 nitrogen and oxygen atoms in total. The molecule has 0 atom stereocenters. The van der Waals surface area contributed by atoms with Crippen molar-refractivity contribution in [1.82, 2.24) is 10.3 Å². The topological polar surface area (TPSA) is 85.8 Å². The van der Waals surface area contributed by atoms with Crippen molar-refractivity contribution in [2.24, 2.45) is 0 Å². The van der Waals surface area contributed by atoms with Gasteiger partial charge in [0.25, 0.3) is 5.91 Å². The van der Waals surface area contributed by atoms with E-state index in [0.717, 1.165) is 5.56 Å². The second-order valence-electron chi connectivity index (χ2n) is 3.92. The van der Waals surface area contributed by atoms with E-state index in [1.54, 1.807) is 18.2 Å². The summed E-state index contributed by atoms with van der Waals surface area (Å²) >= 11 is 0. The predicted molar refractivity (Wildman–Crippen MR) is 69.4 cm³/mol. The van der Waals surface area contributed by atoms with Crippen LogP contribution in [0.3, 0.4) is 0 Å². The fraction of sp³-hybridized carbons (Fsp3) is 0.0714. The second-order valence-corrected chi connectivity index (χ2v) is 3.92. The highest BCUT2D eigenvalue weighted by Gasteiger charge is 2.05. The molecule has 0 spiro atoms. The lowest BCUT2D eigenvalue weighted by Crippen LogP contribution is -2.25. The van der Waals surface area contributed by atoms with E-state index in [2.05, 4.69) is 10.3 Å². The number of amides is 1. The zero-order chi connectivity index (χ0) is 13.7. The van der Waals surface area contributed by atoms with Gasteiger partial charge in [-0.25, -0.2) is 0 Å². The van der Waals surface area contributed by atoms with Gasteiger partial charge in [-0.15, -0.1) is 0 Å². The van der Waals surface area contributed by atoms with Crippen molar-refractivity contribution in [3.05, 3.63) is 69.6 Å². The average Bonchev–Trinajstić information content (AvgIpc) is 2.45. The summed E-state index contributed by atoms with van der Waals surface area (Å²) in [7, 11) is 0. The molecule has 1 aromatic heterocycles. The Morgan fingerprint density at radius 2 is 2.05 bits per heavy atom. The Labute approximate surface area is 109 Å². The number of rotatable bonds is 3. The Hall–Kier alpha value is -2.87. The molecular formula is C14H11N3O2. The maximum absolute atomic E-state index is 11.8. The molecule has 0 aliphatic rings. The molecular weight excluding hydrogens is 242 g/mol. The van der Waals surface area contributed by atoms with E-state index in [1.807, 2.05) is 12.1 Å². The van der Waals surface area contributed by atoms with Crippen LogP contribution in [0.15, 0.2) is 47.3 Å². The summed E-state index contributed by atoms with van der Waals surface area (Å²) in [6.07, 6.45) is 0. The number of H-pyrrole nitrogens is 1. The fourth-order valence-electron chi connectivity index (χ4n) is 1.61. The molecule has 0 aliphatic heterocycles. The van der Waals surface area contributed by atoms with Gasteiger partial charge in [0.15, 0.2) is 0 Å². The lowest BCUT2D eigenvalue weighted by Gasteiger charge is -2.05. The molecule has 2 aromatic rings. The van der Waals surface area contributed by atoms with Gasteiger partial charge in [0.2, 0.25) is 5.56 Å². The number of carbonyl (C=O) groups excluding carboxylic acids is 1. The summed E-state index contributed by atoms with van der Waals surface area (Å²) in [4.78, 5) is 25.3. The minimum atomic E-state index is -0.361. The van der Waals surface area contributed by atoms with Crippen molar-refractivity contribution >= 4 is 5.91 Å². The van der Waals surface area contributed by atoms with Gasteiger partial charge in [0.05, 0.1) is 11.6 Å². The summed E-state index contributed by atoms with van der Waals surface area (Å²) < 4.78 is 0. The lowest BCUT2D eigenvalue weighted by molar-refractivity contribution is 0.0945. The molecule has 0 fully saturated rings. The largest absolute Gasteiger partial charge is 0.347 e. The van der Waals surface area contributed by atoms with Crippen LogP contribution < -0.4 is 10.9 Å². The first kappa shape index (κ1) is 12.6. The number of nitrogens with one attached hydrogen (secondary N) is 2. The molecule has 1 aromatic carbocycles. The highest BCUT2D eigenvalue weighted by Crippen LogP contribution is 2.04.